The van der Waals surface area contributed by atoms with Gasteiger partial charge >= 0.3 is 0 Å². The smallest absolute Gasteiger partial charge is 0.239 e. The van der Waals surface area contributed by atoms with E-state index in [0.29, 0.717) is 0 Å². The van der Waals surface area contributed by atoms with Crippen molar-refractivity contribution in [1.29, 1.82) is 0 Å². The lowest BCUT2D eigenvalue weighted by molar-refractivity contribution is -0.126. The molecule has 1 aliphatic carbocycles. The van der Waals surface area contributed by atoms with Gasteiger partial charge in [0.1, 0.15) is 0 Å². The number of carbonyl (C=O) groups is 1. The van der Waals surface area contributed by atoms with Crippen LogP contribution >= 0.6 is 0 Å². The standard InChI is InChI=1S/C13H27N3O/c1-12(2,14-3)11(17)15-10-13(16(4)5)8-6-7-9-13/h14H,6-10H2,1-5H3,(H,15,17). The fourth-order valence-electron chi connectivity index (χ4n) is 2.39. The van der Waals surface area contributed by atoms with Gasteiger partial charge in [-0.2, -0.15) is 0 Å². The highest BCUT2D eigenvalue weighted by molar-refractivity contribution is 5.85. The van der Waals surface area contributed by atoms with Gasteiger partial charge in [0, 0.05) is 12.1 Å². The minimum absolute atomic E-state index is 0.0770. The van der Waals surface area contributed by atoms with Crippen LogP contribution in [0.3, 0.4) is 0 Å². The Kier molecular flexibility index (Phi) is 4.55. The molecule has 0 aromatic carbocycles. The zero-order chi connectivity index (χ0) is 13.1. The Morgan fingerprint density at radius 1 is 1.29 bits per heavy atom. The fourth-order valence-corrected chi connectivity index (χ4v) is 2.39. The number of hydrogen-bond acceptors (Lipinski definition) is 3. The van der Waals surface area contributed by atoms with Crippen LogP contribution in [0.1, 0.15) is 39.5 Å². The molecular weight excluding hydrogens is 214 g/mol. The van der Waals surface area contributed by atoms with Gasteiger partial charge in [-0.1, -0.05) is 12.8 Å². The Morgan fingerprint density at radius 2 is 1.82 bits per heavy atom. The van der Waals surface area contributed by atoms with Crippen LogP contribution < -0.4 is 10.6 Å². The zero-order valence-corrected chi connectivity index (χ0v) is 11.9. The van der Waals surface area contributed by atoms with Gasteiger partial charge in [-0.25, -0.2) is 0 Å². The second kappa shape index (κ2) is 5.36. The largest absolute Gasteiger partial charge is 0.353 e. The van der Waals surface area contributed by atoms with Crippen molar-refractivity contribution in [2.45, 2.75) is 50.6 Å². The highest BCUT2D eigenvalue weighted by Gasteiger charge is 2.37. The number of rotatable bonds is 5. The molecule has 4 heteroatoms. The summed E-state index contributed by atoms with van der Waals surface area (Å²) in [6, 6.07) is 0. The summed E-state index contributed by atoms with van der Waals surface area (Å²) < 4.78 is 0. The second-order valence-electron chi connectivity index (χ2n) is 5.88. The summed E-state index contributed by atoms with van der Waals surface area (Å²) in [5.74, 6) is 0.0770. The maximum absolute atomic E-state index is 12.0. The maximum Gasteiger partial charge on any atom is 0.239 e. The van der Waals surface area contributed by atoms with Gasteiger partial charge in [-0.3, -0.25) is 4.79 Å². The monoisotopic (exact) mass is 241 g/mol. The third-order valence-electron chi connectivity index (χ3n) is 4.25. The van der Waals surface area contributed by atoms with Crippen molar-refractivity contribution in [3.05, 3.63) is 0 Å². The number of amides is 1. The van der Waals surface area contributed by atoms with E-state index < -0.39 is 5.54 Å². The lowest BCUT2D eigenvalue weighted by atomic mass is 9.95. The molecule has 0 saturated heterocycles. The van der Waals surface area contributed by atoms with Crippen LogP contribution in [0.2, 0.25) is 0 Å². The third-order valence-corrected chi connectivity index (χ3v) is 4.25. The molecule has 1 fully saturated rings. The Hall–Kier alpha value is -0.610. The summed E-state index contributed by atoms with van der Waals surface area (Å²) >= 11 is 0. The molecule has 1 saturated carbocycles. The molecule has 1 amide bonds. The molecule has 0 atom stereocenters. The van der Waals surface area contributed by atoms with Crippen LogP contribution in [0, 0.1) is 0 Å². The number of nitrogens with zero attached hydrogens (tertiary/aromatic N) is 1. The Morgan fingerprint density at radius 3 is 2.24 bits per heavy atom. The summed E-state index contributed by atoms with van der Waals surface area (Å²) in [7, 11) is 6.04. The van der Waals surface area contributed by atoms with Gasteiger partial charge in [-0.05, 0) is 47.8 Å². The van der Waals surface area contributed by atoms with Crippen LogP contribution in [0.25, 0.3) is 0 Å². The first-order chi connectivity index (χ1) is 7.84. The minimum atomic E-state index is -0.494. The fraction of sp³-hybridized carbons (Fsp3) is 0.923. The van der Waals surface area contributed by atoms with Crippen molar-refractivity contribution in [2.24, 2.45) is 0 Å². The highest BCUT2D eigenvalue weighted by Crippen LogP contribution is 2.33. The number of nitrogens with one attached hydrogen (secondary N) is 2. The van der Waals surface area contributed by atoms with Gasteiger partial charge in [0.25, 0.3) is 0 Å². The van der Waals surface area contributed by atoms with Crippen LogP contribution in [0.4, 0.5) is 0 Å². The van der Waals surface area contributed by atoms with E-state index in [1.54, 1.807) is 0 Å². The molecule has 0 radical (unpaired) electrons. The summed E-state index contributed by atoms with van der Waals surface area (Å²) in [4.78, 5) is 14.3. The Labute approximate surface area is 105 Å². The van der Waals surface area contributed by atoms with Crippen molar-refractivity contribution in [1.82, 2.24) is 15.5 Å². The van der Waals surface area contributed by atoms with Gasteiger partial charge < -0.3 is 15.5 Å². The second-order valence-corrected chi connectivity index (χ2v) is 5.88. The zero-order valence-electron chi connectivity index (χ0n) is 11.9. The van der Waals surface area contributed by atoms with E-state index in [0.717, 1.165) is 6.54 Å². The van der Waals surface area contributed by atoms with Gasteiger partial charge in [-0.15, -0.1) is 0 Å². The lowest BCUT2D eigenvalue weighted by Gasteiger charge is -2.37. The molecule has 0 spiro atoms. The highest BCUT2D eigenvalue weighted by atomic mass is 16.2. The number of likely N-dealkylation sites (N-methyl/N-ethyl adjacent to an activating group) is 2. The van der Waals surface area contributed by atoms with Gasteiger partial charge in [0.2, 0.25) is 5.91 Å². The molecule has 0 aromatic heterocycles. The molecule has 0 bridgehead atoms. The van der Waals surface area contributed by atoms with Crippen LogP contribution in [0.15, 0.2) is 0 Å². The van der Waals surface area contributed by atoms with Crippen LogP contribution in [-0.4, -0.2) is 49.6 Å². The van der Waals surface area contributed by atoms with Crippen LogP contribution in [-0.2, 0) is 4.79 Å². The average Bonchev–Trinajstić information content (AvgIpc) is 2.75. The normalized spacial score (nSPS) is 19.6. The van der Waals surface area contributed by atoms with E-state index in [2.05, 4.69) is 29.6 Å². The summed E-state index contributed by atoms with van der Waals surface area (Å²) in [5, 5.41) is 6.13. The predicted molar refractivity (Wildman–Crippen MR) is 71.0 cm³/mol. The molecule has 0 aromatic rings. The molecular formula is C13H27N3O. The maximum atomic E-state index is 12.0. The van der Waals surface area contributed by atoms with Crippen molar-refractivity contribution in [2.75, 3.05) is 27.7 Å². The molecule has 1 rings (SSSR count). The molecule has 0 aliphatic heterocycles. The predicted octanol–water partition coefficient (Wildman–Crippen LogP) is 0.975. The molecule has 1 aliphatic rings. The van der Waals surface area contributed by atoms with Crippen molar-refractivity contribution < 1.29 is 4.79 Å². The first-order valence-electron chi connectivity index (χ1n) is 6.49. The van der Waals surface area contributed by atoms with E-state index >= 15 is 0 Å². The van der Waals surface area contributed by atoms with Gasteiger partial charge in [0.15, 0.2) is 0 Å². The summed E-state index contributed by atoms with van der Waals surface area (Å²) in [6.07, 6.45) is 4.90. The topological polar surface area (TPSA) is 44.4 Å². The molecule has 4 nitrogen and oxygen atoms in total. The van der Waals surface area contributed by atoms with Gasteiger partial charge in [0.05, 0.1) is 5.54 Å². The van der Waals surface area contributed by atoms with E-state index in [1.165, 1.54) is 25.7 Å². The van der Waals surface area contributed by atoms with E-state index in [-0.39, 0.29) is 11.4 Å². The molecule has 0 unspecified atom stereocenters. The Bertz CT molecular complexity index is 268. The van der Waals surface area contributed by atoms with Crippen molar-refractivity contribution in [3.8, 4) is 0 Å². The minimum Gasteiger partial charge on any atom is -0.353 e. The number of hydrogen-bond donors (Lipinski definition) is 2. The van der Waals surface area contributed by atoms with E-state index in [4.69, 9.17) is 0 Å². The van der Waals surface area contributed by atoms with Crippen molar-refractivity contribution in [3.63, 3.8) is 0 Å². The first-order valence-corrected chi connectivity index (χ1v) is 6.49. The number of carbonyl (C=O) groups excluding carboxylic acids is 1. The lowest BCUT2D eigenvalue weighted by Crippen LogP contribution is -2.57. The van der Waals surface area contributed by atoms with Crippen molar-refractivity contribution >= 4 is 5.91 Å². The molecule has 2 N–H and O–H groups in total. The quantitative estimate of drug-likeness (QED) is 0.754. The van der Waals surface area contributed by atoms with E-state index in [9.17, 15) is 4.79 Å². The Balaban J connectivity index is 2.57. The molecule has 17 heavy (non-hydrogen) atoms. The third kappa shape index (κ3) is 3.19. The van der Waals surface area contributed by atoms with Crippen LogP contribution in [0.5, 0.6) is 0 Å². The SMILES string of the molecule is CNC(C)(C)C(=O)NCC1(N(C)C)CCCC1. The summed E-state index contributed by atoms with van der Waals surface area (Å²) in [5.41, 5.74) is -0.328. The molecule has 100 valence electrons. The summed E-state index contributed by atoms with van der Waals surface area (Å²) in [6.45, 7) is 4.56. The van der Waals surface area contributed by atoms with E-state index in [1.807, 2.05) is 20.9 Å². The average molecular weight is 241 g/mol. The first kappa shape index (κ1) is 14.5. The molecule has 0 heterocycles.